The van der Waals surface area contributed by atoms with Crippen LogP contribution < -0.4 is 5.32 Å². The first-order chi connectivity index (χ1) is 6.68. The summed E-state index contributed by atoms with van der Waals surface area (Å²) >= 11 is 1.61. The van der Waals surface area contributed by atoms with Crippen LogP contribution in [0.5, 0.6) is 0 Å². The molecule has 1 fully saturated rings. The molecule has 1 aromatic rings. The largest absolute Gasteiger partial charge is 0.336 e. The van der Waals surface area contributed by atoms with E-state index in [4.69, 9.17) is 0 Å². The third kappa shape index (κ3) is 1.59. The Morgan fingerprint density at radius 1 is 1.71 bits per heavy atom. The lowest BCUT2D eigenvalue weighted by Gasteiger charge is -2.20. The van der Waals surface area contributed by atoms with Crippen molar-refractivity contribution in [1.29, 1.82) is 0 Å². The second-order valence-corrected chi connectivity index (χ2v) is 4.32. The lowest BCUT2D eigenvalue weighted by molar-refractivity contribution is 0.202. The molecule has 1 aromatic heterocycles. The Morgan fingerprint density at radius 3 is 3.00 bits per heavy atom. The molecular weight excluding hydrogens is 198 g/mol. The molecule has 2 heterocycles. The van der Waals surface area contributed by atoms with Gasteiger partial charge in [-0.2, -0.15) is 0 Å². The van der Waals surface area contributed by atoms with E-state index in [2.05, 4.69) is 10.3 Å². The Hall–Kier alpha value is -1.10. The standard InChI is InChI=1S/C9H13N3OS/c1-6-5-14-8(11-6)7(2)12-4-3-10-9(12)13/h5,7H,3-4H2,1-2H3,(H,10,13). The van der Waals surface area contributed by atoms with Gasteiger partial charge in [-0.05, 0) is 13.8 Å². The van der Waals surface area contributed by atoms with Crippen molar-refractivity contribution < 1.29 is 4.79 Å². The van der Waals surface area contributed by atoms with E-state index in [0.29, 0.717) is 0 Å². The number of aromatic nitrogens is 1. The van der Waals surface area contributed by atoms with Crippen molar-refractivity contribution in [2.24, 2.45) is 0 Å². The van der Waals surface area contributed by atoms with Crippen molar-refractivity contribution in [3.8, 4) is 0 Å². The molecule has 0 radical (unpaired) electrons. The van der Waals surface area contributed by atoms with Crippen molar-refractivity contribution in [2.75, 3.05) is 13.1 Å². The molecule has 1 unspecified atom stereocenters. The molecule has 2 rings (SSSR count). The highest BCUT2D eigenvalue weighted by atomic mass is 32.1. The first kappa shape index (κ1) is 9.45. The Morgan fingerprint density at radius 2 is 2.50 bits per heavy atom. The van der Waals surface area contributed by atoms with Gasteiger partial charge in [-0.1, -0.05) is 0 Å². The highest BCUT2D eigenvalue weighted by molar-refractivity contribution is 7.09. The van der Waals surface area contributed by atoms with E-state index in [1.807, 2.05) is 24.1 Å². The number of carbonyl (C=O) groups is 1. The summed E-state index contributed by atoms with van der Waals surface area (Å²) in [6.45, 7) is 5.51. The van der Waals surface area contributed by atoms with Gasteiger partial charge in [-0.3, -0.25) is 0 Å². The molecule has 1 atom stereocenters. The zero-order valence-corrected chi connectivity index (χ0v) is 9.10. The number of hydrogen-bond acceptors (Lipinski definition) is 3. The third-order valence-corrected chi connectivity index (χ3v) is 3.48. The molecule has 14 heavy (non-hydrogen) atoms. The minimum atomic E-state index is 0.0188. The molecule has 1 aliphatic rings. The fourth-order valence-corrected chi connectivity index (χ4v) is 2.42. The van der Waals surface area contributed by atoms with Gasteiger partial charge in [0.1, 0.15) is 5.01 Å². The van der Waals surface area contributed by atoms with Gasteiger partial charge in [0.25, 0.3) is 0 Å². The molecule has 1 saturated heterocycles. The molecule has 0 aromatic carbocycles. The van der Waals surface area contributed by atoms with Crippen LogP contribution in [-0.2, 0) is 0 Å². The fourth-order valence-electron chi connectivity index (χ4n) is 1.55. The number of nitrogens with zero attached hydrogens (tertiary/aromatic N) is 2. The highest BCUT2D eigenvalue weighted by Crippen LogP contribution is 2.24. The number of carbonyl (C=O) groups excluding carboxylic acids is 1. The summed E-state index contributed by atoms with van der Waals surface area (Å²) < 4.78 is 0. The topological polar surface area (TPSA) is 45.2 Å². The summed E-state index contributed by atoms with van der Waals surface area (Å²) in [7, 11) is 0. The SMILES string of the molecule is Cc1csc(C(C)N2CCNC2=O)n1. The number of rotatable bonds is 2. The Balaban J connectivity index is 2.15. The Bertz CT molecular complexity index is 350. The molecule has 1 aliphatic heterocycles. The summed E-state index contributed by atoms with van der Waals surface area (Å²) in [6.07, 6.45) is 0. The van der Waals surface area contributed by atoms with Crippen LogP contribution in [0.4, 0.5) is 4.79 Å². The quantitative estimate of drug-likeness (QED) is 0.806. The number of hydrogen-bond donors (Lipinski definition) is 1. The summed E-state index contributed by atoms with van der Waals surface area (Å²) in [5, 5.41) is 5.82. The van der Waals surface area contributed by atoms with Crippen LogP contribution in [0.15, 0.2) is 5.38 Å². The molecule has 0 bridgehead atoms. The van der Waals surface area contributed by atoms with Gasteiger partial charge in [-0.15, -0.1) is 11.3 Å². The third-order valence-electron chi connectivity index (χ3n) is 2.35. The van der Waals surface area contributed by atoms with Gasteiger partial charge >= 0.3 is 6.03 Å². The van der Waals surface area contributed by atoms with Gasteiger partial charge in [0.2, 0.25) is 0 Å². The number of urea groups is 1. The van der Waals surface area contributed by atoms with Crippen LogP contribution in [-0.4, -0.2) is 29.0 Å². The van der Waals surface area contributed by atoms with E-state index in [-0.39, 0.29) is 12.1 Å². The molecule has 0 saturated carbocycles. The van der Waals surface area contributed by atoms with Gasteiger partial charge in [0.05, 0.1) is 6.04 Å². The van der Waals surface area contributed by atoms with E-state index >= 15 is 0 Å². The van der Waals surface area contributed by atoms with Crippen molar-refractivity contribution >= 4 is 17.4 Å². The van der Waals surface area contributed by atoms with Crippen molar-refractivity contribution in [3.05, 3.63) is 16.1 Å². The Kier molecular flexibility index (Phi) is 2.41. The molecule has 5 heteroatoms. The second-order valence-electron chi connectivity index (χ2n) is 3.43. The summed E-state index contributed by atoms with van der Waals surface area (Å²) in [5.41, 5.74) is 1.02. The molecule has 4 nitrogen and oxygen atoms in total. The average molecular weight is 211 g/mol. The minimum absolute atomic E-state index is 0.0188. The second kappa shape index (κ2) is 3.57. The zero-order valence-electron chi connectivity index (χ0n) is 8.28. The maximum atomic E-state index is 11.4. The molecule has 1 N–H and O–H groups in total. The van der Waals surface area contributed by atoms with E-state index in [0.717, 1.165) is 23.8 Å². The molecule has 2 amide bonds. The van der Waals surface area contributed by atoms with E-state index in [1.165, 1.54) is 0 Å². The fraction of sp³-hybridized carbons (Fsp3) is 0.556. The first-order valence-corrected chi connectivity index (χ1v) is 5.53. The highest BCUT2D eigenvalue weighted by Gasteiger charge is 2.27. The predicted molar refractivity (Wildman–Crippen MR) is 55.4 cm³/mol. The van der Waals surface area contributed by atoms with E-state index < -0.39 is 0 Å². The first-order valence-electron chi connectivity index (χ1n) is 4.65. The summed E-state index contributed by atoms with van der Waals surface area (Å²) in [4.78, 5) is 17.6. The van der Waals surface area contributed by atoms with Gasteiger partial charge in [-0.25, -0.2) is 9.78 Å². The number of nitrogens with one attached hydrogen (secondary N) is 1. The van der Waals surface area contributed by atoms with Gasteiger partial charge in [0.15, 0.2) is 0 Å². The normalized spacial score (nSPS) is 18.4. The van der Waals surface area contributed by atoms with Crippen LogP contribution in [0.25, 0.3) is 0 Å². The molecular formula is C9H13N3OS. The maximum absolute atomic E-state index is 11.4. The smallest absolute Gasteiger partial charge is 0.318 e. The minimum Gasteiger partial charge on any atom is -0.336 e. The van der Waals surface area contributed by atoms with Crippen LogP contribution >= 0.6 is 11.3 Å². The predicted octanol–water partition coefficient (Wildman–Crippen LogP) is 1.54. The summed E-state index contributed by atoms with van der Waals surface area (Å²) in [5.74, 6) is 0. The number of thiazole rings is 1. The molecule has 0 spiro atoms. The van der Waals surface area contributed by atoms with Crippen molar-refractivity contribution in [1.82, 2.24) is 15.2 Å². The van der Waals surface area contributed by atoms with Crippen molar-refractivity contribution in [3.63, 3.8) is 0 Å². The zero-order chi connectivity index (χ0) is 10.1. The summed E-state index contributed by atoms with van der Waals surface area (Å²) in [6, 6.07) is 0.113. The van der Waals surface area contributed by atoms with E-state index in [1.54, 1.807) is 11.3 Å². The van der Waals surface area contributed by atoms with Crippen LogP contribution in [0, 0.1) is 6.92 Å². The Labute approximate surface area is 86.9 Å². The monoisotopic (exact) mass is 211 g/mol. The number of aryl methyl sites for hydroxylation is 1. The lowest BCUT2D eigenvalue weighted by Crippen LogP contribution is -2.30. The van der Waals surface area contributed by atoms with Crippen LogP contribution in [0.2, 0.25) is 0 Å². The molecule has 0 aliphatic carbocycles. The number of amides is 2. The van der Waals surface area contributed by atoms with Crippen molar-refractivity contribution in [2.45, 2.75) is 19.9 Å². The average Bonchev–Trinajstić information content (AvgIpc) is 2.73. The molecule has 76 valence electrons. The van der Waals surface area contributed by atoms with Crippen LogP contribution in [0.1, 0.15) is 23.7 Å². The van der Waals surface area contributed by atoms with Gasteiger partial charge < -0.3 is 10.2 Å². The van der Waals surface area contributed by atoms with E-state index in [9.17, 15) is 4.79 Å². The lowest BCUT2D eigenvalue weighted by atomic mass is 10.3. The maximum Gasteiger partial charge on any atom is 0.318 e. The van der Waals surface area contributed by atoms with Gasteiger partial charge in [0, 0.05) is 24.2 Å². The van der Waals surface area contributed by atoms with Crippen LogP contribution in [0.3, 0.4) is 0 Å².